The van der Waals surface area contributed by atoms with Gasteiger partial charge >= 0.3 is 0 Å². The molecule has 0 unspecified atom stereocenters. The molecule has 0 aliphatic rings. The molecule has 3 heterocycles. The van der Waals surface area contributed by atoms with Crippen LogP contribution < -0.4 is 0 Å². The molecule has 0 saturated heterocycles. The number of benzene rings is 5. The molecule has 8 aromatic rings. The standard InChI is InChI=1S/C36H29N3OS2/c40-23-36(24-41-35-37-29-15-5-10-20-34(29)42-35,21-38-30-16-6-1-11-25(30)26-12-2-7-17-31(26)38)22-39-32-18-8-3-13-27(32)28-14-4-9-19-33(28)39/h1-20,40H,21-24H2. The molecular weight excluding hydrogens is 555 g/mol. The molecular formula is C36H29N3OS2. The molecule has 3 aromatic heterocycles. The third-order valence-electron chi connectivity index (χ3n) is 8.46. The number of rotatable bonds is 8. The van der Waals surface area contributed by atoms with Gasteiger partial charge in [0.25, 0.3) is 0 Å². The smallest absolute Gasteiger partial charge is 0.151 e. The van der Waals surface area contributed by atoms with E-state index in [0.29, 0.717) is 13.1 Å². The van der Waals surface area contributed by atoms with Gasteiger partial charge in [0.2, 0.25) is 0 Å². The summed E-state index contributed by atoms with van der Waals surface area (Å²) in [6.07, 6.45) is 0. The Balaban J connectivity index is 1.29. The van der Waals surface area contributed by atoms with Crippen molar-refractivity contribution in [3.63, 3.8) is 0 Å². The number of hydrogen-bond donors (Lipinski definition) is 1. The number of aliphatic hydroxyl groups is 1. The van der Waals surface area contributed by atoms with Crippen molar-refractivity contribution < 1.29 is 5.11 Å². The van der Waals surface area contributed by atoms with Crippen molar-refractivity contribution in [2.24, 2.45) is 5.41 Å². The van der Waals surface area contributed by atoms with Gasteiger partial charge in [0, 0.05) is 67.9 Å². The Morgan fingerprint density at radius 1 is 0.595 bits per heavy atom. The average Bonchev–Trinajstić information content (AvgIpc) is 3.71. The minimum atomic E-state index is -0.475. The number of para-hydroxylation sites is 5. The number of thioether (sulfide) groups is 1. The quantitative estimate of drug-likeness (QED) is 0.182. The van der Waals surface area contributed by atoms with Crippen LogP contribution in [-0.4, -0.2) is 31.6 Å². The molecule has 0 aliphatic heterocycles. The van der Waals surface area contributed by atoms with Crippen LogP contribution in [0.1, 0.15) is 0 Å². The van der Waals surface area contributed by atoms with Gasteiger partial charge in [0.15, 0.2) is 4.34 Å². The molecule has 1 N–H and O–H groups in total. The highest BCUT2D eigenvalue weighted by atomic mass is 32.2. The number of nitrogens with zero attached hydrogens (tertiary/aromatic N) is 3. The Labute approximate surface area is 251 Å². The molecule has 4 nitrogen and oxygen atoms in total. The van der Waals surface area contributed by atoms with Gasteiger partial charge in [-0.15, -0.1) is 11.3 Å². The SMILES string of the molecule is OCC(CSc1nc2ccccc2s1)(Cn1c2ccccc2c2ccccc21)Cn1c2ccccc2c2ccccc21. The topological polar surface area (TPSA) is 43.0 Å². The molecule has 8 rings (SSSR count). The Bertz CT molecular complexity index is 1970. The molecule has 0 atom stereocenters. The van der Waals surface area contributed by atoms with Crippen LogP contribution in [0.25, 0.3) is 53.8 Å². The van der Waals surface area contributed by atoms with Crippen LogP contribution in [0.3, 0.4) is 0 Å². The van der Waals surface area contributed by atoms with Crippen molar-refractivity contribution in [3.8, 4) is 0 Å². The maximum absolute atomic E-state index is 11.4. The van der Waals surface area contributed by atoms with Crippen LogP contribution in [0.15, 0.2) is 126 Å². The molecule has 206 valence electrons. The zero-order valence-corrected chi connectivity index (χ0v) is 24.6. The third kappa shape index (κ3) is 4.21. The number of aliphatic hydroxyl groups excluding tert-OH is 1. The lowest BCUT2D eigenvalue weighted by atomic mass is 9.90. The number of thiazole rings is 1. The molecule has 0 radical (unpaired) electrons. The van der Waals surface area contributed by atoms with Gasteiger partial charge in [-0.05, 0) is 36.4 Å². The summed E-state index contributed by atoms with van der Waals surface area (Å²) in [6, 6.07) is 42.9. The van der Waals surface area contributed by atoms with Crippen LogP contribution in [0, 0.1) is 5.41 Å². The average molecular weight is 584 g/mol. The van der Waals surface area contributed by atoms with Crippen LogP contribution in [0.4, 0.5) is 0 Å². The van der Waals surface area contributed by atoms with Crippen LogP contribution in [-0.2, 0) is 13.1 Å². The highest BCUT2D eigenvalue weighted by Crippen LogP contribution is 2.40. The summed E-state index contributed by atoms with van der Waals surface area (Å²) < 4.78 is 7.08. The van der Waals surface area contributed by atoms with E-state index in [1.807, 2.05) is 6.07 Å². The maximum Gasteiger partial charge on any atom is 0.151 e. The molecule has 0 saturated carbocycles. The lowest BCUT2D eigenvalue weighted by Gasteiger charge is -2.34. The van der Waals surface area contributed by atoms with E-state index in [1.54, 1.807) is 23.1 Å². The van der Waals surface area contributed by atoms with E-state index in [2.05, 4.69) is 124 Å². The van der Waals surface area contributed by atoms with Gasteiger partial charge < -0.3 is 14.2 Å². The van der Waals surface area contributed by atoms with Crippen LogP contribution >= 0.6 is 23.1 Å². The molecule has 0 aliphatic carbocycles. The third-order valence-corrected chi connectivity index (χ3v) is 11.0. The second-order valence-corrected chi connectivity index (χ2v) is 13.4. The molecule has 0 amide bonds. The van der Waals surface area contributed by atoms with E-state index in [0.717, 1.165) is 15.6 Å². The number of hydrogen-bond acceptors (Lipinski definition) is 4. The van der Waals surface area contributed by atoms with E-state index in [4.69, 9.17) is 4.98 Å². The molecule has 0 fully saturated rings. The van der Waals surface area contributed by atoms with Crippen molar-refractivity contribution in [1.82, 2.24) is 14.1 Å². The van der Waals surface area contributed by atoms with Crippen molar-refractivity contribution in [2.45, 2.75) is 17.4 Å². The minimum absolute atomic E-state index is 0.0482. The first-order chi connectivity index (χ1) is 20.7. The van der Waals surface area contributed by atoms with Gasteiger partial charge in [0.1, 0.15) is 0 Å². The summed E-state index contributed by atoms with van der Waals surface area (Å²) >= 11 is 3.49. The summed E-state index contributed by atoms with van der Waals surface area (Å²) in [4.78, 5) is 4.93. The summed E-state index contributed by atoms with van der Waals surface area (Å²) in [7, 11) is 0. The lowest BCUT2D eigenvalue weighted by Crippen LogP contribution is -2.38. The fourth-order valence-corrected chi connectivity index (χ4v) is 8.68. The van der Waals surface area contributed by atoms with Crippen molar-refractivity contribution >= 4 is 76.9 Å². The van der Waals surface area contributed by atoms with Gasteiger partial charge in [0.05, 0.1) is 16.8 Å². The molecule has 0 spiro atoms. The first kappa shape index (κ1) is 25.6. The van der Waals surface area contributed by atoms with Crippen LogP contribution in [0.2, 0.25) is 0 Å². The molecule has 0 bridgehead atoms. The van der Waals surface area contributed by atoms with E-state index in [1.165, 1.54) is 48.3 Å². The van der Waals surface area contributed by atoms with E-state index in [-0.39, 0.29) is 6.61 Å². The summed E-state index contributed by atoms with van der Waals surface area (Å²) in [5.74, 6) is 0.727. The highest BCUT2D eigenvalue weighted by Gasteiger charge is 2.34. The van der Waals surface area contributed by atoms with E-state index >= 15 is 0 Å². The van der Waals surface area contributed by atoms with Crippen molar-refractivity contribution in [3.05, 3.63) is 121 Å². The summed E-state index contributed by atoms with van der Waals surface area (Å²) in [6.45, 7) is 1.40. The minimum Gasteiger partial charge on any atom is -0.396 e. The molecule has 5 aromatic carbocycles. The normalized spacial score (nSPS) is 12.4. The Kier molecular flexibility index (Phi) is 6.29. The summed E-state index contributed by atoms with van der Waals surface area (Å²) in [5.41, 5.74) is 5.35. The van der Waals surface area contributed by atoms with Crippen LogP contribution in [0.5, 0.6) is 0 Å². The second-order valence-electron chi connectivity index (χ2n) is 11.1. The predicted molar refractivity (Wildman–Crippen MR) is 179 cm³/mol. The first-order valence-electron chi connectivity index (χ1n) is 14.2. The van der Waals surface area contributed by atoms with Gasteiger partial charge in [-0.25, -0.2) is 4.98 Å². The van der Waals surface area contributed by atoms with Gasteiger partial charge in [-0.3, -0.25) is 0 Å². The fourth-order valence-electron chi connectivity index (χ4n) is 6.43. The monoisotopic (exact) mass is 583 g/mol. The number of fused-ring (bicyclic) bond motifs is 7. The van der Waals surface area contributed by atoms with E-state index in [9.17, 15) is 5.11 Å². The van der Waals surface area contributed by atoms with Gasteiger partial charge in [-0.2, -0.15) is 0 Å². The molecule has 6 heteroatoms. The van der Waals surface area contributed by atoms with Crippen molar-refractivity contribution in [2.75, 3.05) is 12.4 Å². The fraction of sp³-hybridized carbons (Fsp3) is 0.139. The van der Waals surface area contributed by atoms with Crippen molar-refractivity contribution in [1.29, 1.82) is 0 Å². The first-order valence-corrected chi connectivity index (χ1v) is 16.0. The molecule has 42 heavy (non-hydrogen) atoms. The van der Waals surface area contributed by atoms with Gasteiger partial charge in [-0.1, -0.05) is 96.7 Å². The second kappa shape index (κ2) is 10.3. The Morgan fingerprint density at radius 2 is 1.02 bits per heavy atom. The number of aromatic nitrogens is 3. The Morgan fingerprint density at radius 3 is 1.48 bits per heavy atom. The largest absolute Gasteiger partial charge is 0.396 e. The zero-order chi connectivity index (χ0) is 28.1. The maximum atomic E-state index is 11.4. The van der Waals surface area contributed by atoms with E-state index < -0.39 is 5.41 Å². The lowest BCUT2D eigenvalue weighted by molar-refractivity contribution is 0.114. The predicted octanol–water partition coefficient (Wildman–Crippen LogP) is 8.98. The zero-order valence-electron chi connectivity index (χ0n) is 23.0. The Hall–Kier alpha value is -4.10. The summed E-state index contributed by atoms with van der Waals surface area (Å²) in [5, 5.41) is 16.4. The highest BCUT2D eigenvalue weighted by molar-refractivity contribution is 8.01.